The summed E-state index contributed by atoms with van der Waals surface area (Å²) in [6.45, 7) is 7.52. The van der Waals surface area contributed by atoms with Gasteiger partial charge in [0.05, 0.1) is 0 Å². The summed E-state index contributed by atoms with van der Waals surface area (Å²) in [4.78, 5) is 0. The smallest absolute Gasteiger partial charge is 0.0453 e. The van der Waals surface area contributed by atoms with Gasteiger partial charge in [0, 0.05) is 19.1 Å². The zero-order valence-corrected chi connectivity index (χ0v) is 11.8. The molecular weight excluding hydrogens is 232 g/mol. The highest BCUT2D eigenvalue weighted by atomic mass is 15.1. The molecule has 2 heteroatoms. The summed E-state index contributed by atoms with van der Waals surface area (Å²) in [5, 5.41) is 6.82. The molecule has 0 saturated carbocycles. The molecule has 0 radical (unpaired) electrons. The molecule has 100 valence electrons. The van der Waals surface area contributed by atoms with E-state index in [2.05, 4.69) is 54.8 Å². The highest BCUT2D eigenvalue weighted by Crippen LogP contribution is 2.32. The van der Waals surface area contributed by atoms with Crippen molar-refractivity contribution in [1.29, 1.82) is 0 Å². The summed E-state index contributed by atoms with van der Waals surface area (Å²) in [7, 11) is 0. The van der Waals surface area contributed by atoms with Gasteiger partial charge < -0.3 is 10.6 Å². The van der Waals surface area contributed by atoms with Crippen LogP contribution in [0.25, 0.3) is 11.6 Å². The zero-order chi connectivity index (χ0) is 13.2. The average Bonchev–Trinajstić information content (AvgIpc) is 3.23. The van der Waals surface area contributed by atoms with E-state index >= 15 is 0 Å². The topological polar surface area (TPSA) is 34.0 Å². The molecular formula is C17H22N2. The van der Waals surface area contributed by atoms with Gasteiger partial charge in [-0.05, 0) is 55.1 Å². The number of nitrogens with one attached hydrogen (secondary N) is 2. The minimum Gasteiger partial charge on any atom is -0.313 e. The van der Waals surface area contributed by atoms with Crippen LogP contribution >= 0.6 is 0 Å². The van der Waals surface area contributed by atoms with Gasteiger partial charge in [0.2, 0.25) is 0 Å². The van der Waals surface area contributed by atoms with Crippen LogP contribution in [-0.4, -0.2) is 19.6 Å². The number of benzene rings is 1. The van der Waals surface area contributed by atoms with E-state index in [-0.39, 0.29) is 0 Å². The normalized spacial score (nSPS) is 21.8. The number of hydrogen-bond donors (Lipinski definition) is 2. The van der Waals surface area contributed by atoms with Crippen molar-refractivity contribution in [1.82, 2.24) is 10.6 Å². The minimum atomic E-state index is 0.575. The Balaban J connectivity index is 2.02. The van der Waals surface area contributed by atoms with Crippen LogP contribution in [0, 0.1) is 0 Å². The quantitative estimate of drug-likeness (QED) is 0.813. The SMILES string of the molecule is CC(C)=Cc1ccc(C2CN2)c(C2=CCNCC2)c1. The Bertz CT molecular complexity index is 532. The molecule has 0 bridgehead atoms. The summed E-state index contributed by atoms with van der Waals surface area (Å²) < 4.78 is 0. The van der Waals surface area contributed by atoms with Crippen molar-refractivity contribution in [2.75, 3.05) is 19.6 Å². The summed E-state index contributed by atoms with van der Waals surface area (Å²) in [6.07, 6.45) is 5.74. The Morgan fingerprint density at radius 3 is 2.79 bits per heavy atom. The second-order valence-electron chi connectivity index (χ2n) is 5.71. The van der Waals surface area contributed by atoms with Gasteiger partial charge in [0.1, 0.15) is 0 Å². The molecule has 1 unspecified atom stereocenters. The van der Waals surface area contributed by atoms with Crippen molar-refractivity contribution in [3.63, 3.8) is 0 Å². The van der Waals surface area contributed by atoms with Crippen LogP contribution in [0.1, 0.15) is 43.0 Å². The lowest BCUT2D eigenvalue weighted by Gasteiger charge is -2.18. The van der Waals surface area contributed by atoms with Crippen molar-refractivity contribution in [2.45, 2.75) is 26.3 Å². The molecule has 2 aliphatic rings. The maximum Gasteiger partial charge on any atom is 0.0453 e. The third-order valence-electron chi connectivity index (χ3n) is 3.73. The molecule has 0 amide bonds. The Kier molecular flexibility index (Phi) is 3.54. The Hall–Kier alpha value is -1.38. The van der Waals surface area contributed by atoms with E-state index in [0.717, 1.165) is 26.1 Å². The maximum absolute atomic E-state index is 3.43. The number of allylic oxidation sites excluding steroid dienone is 1. The molecule has 1 saturated heterocycles. The summed E-state index contributed by atoms with van der Waals surface area (Å²) in [6, 6.07) is 7.48. The van der Waals surface area contributed by atoms with Crippen molar-refractivity contribution in [3.8, 4) is 0 Å². The fourth-order valence-corrected chi connectivity index (χ4v) is 2.72. The Morgan fingerprint density at radius 2 is 2.16 bits per heavy atom. The second kappa shape index (κ2) is 5.32. The van der Waals surface area contributed by atoms with E-state index in [0.29, 0.717) is 6.04 Å². The highest BCUT2D eigenvalue weighted by molar-refractivity contribution is 5.73. The van der Waals surface area contributed by atoms with E-state index in [9.17, 15) is 0 Å². The van der Waals surface area contributed by atoms with E-state index in [1.54, 1.807) is 0 Å². The van der Waals surface area contributed by atoms with E-state index in [1.165, 1.54) is 27.8 Å². The van der Waals surface area contributed by atoms with Gasteiger partial charge in [-0.15, -0.1) is 0 Å². The molecule has 2 heterocycles. The second-order valence-corrected chi connectivity index (χ2v) is 5.71. The van der Waals surface area contributed by atoms with Crippen LogP contribution in [0.15, 0.2) is 29.8 Å². The predicted molar refractivity (Wildman–Crippen MR) is 82.0 cm³/mol. The van der Waals surface area contributed by atoms with Gasteiger partial charge in [0.25, 0.3) is 0 Å². The monoisotopic (exact) mass is 254 g/mol. The molecule has 3 rings (SSSR count). The van der Waals surface area contributed by atoms with Gasteiger partial charge in [-0.2, -0.15) is 0 Å². The van der Waals surface area contributed by atoms with Crippen LogP contribution in [0.4, 0.5) is 0 Å². The van der Waals surface area contributed by atoms with Crippen LogP contribution in [0.5, 0.6) is 0 Å². The summed E-state index contributed by atoms with van der Waals surface area (Å²) in [5.41, 5.74) is 7.10. The lowest BCUT2D eigenvalue weighted by Crippen LogP contribution is -2.20. The van der Waals surface area contributed by atoms with Crippen molar-refractivity contribution in [2.24, 2.45) is 0 Å². The molecule has 2 N–H and O–H groups in total. The molecule has 2 nitrogen and oxygen atoms in total. The van der Waals surface area contributed by atoms with E-state index in [4.69, 9.17) is 0 Å². The molecule has 19 heavy (non-hydrogen) atoms. The van der Waals surface area contributed by atoms with E-state index in [1.807, 2.05) is 0 Å². The molecule has 1 aromatic carbocycles. The Labute approximate surface area is 115 Å². The number of rotatable bonds is 3. The first-order chi connectivity index (χ1) is 9.24. The summed E-state index contributed by atoms with van der Waals surface area (Å²) >= 11 is 0. The predicted octanol–water partition coefficient (Wildman–Crippen LogP) is 3.13. The van der Waals surface area contributed by atoms with Crippen LogP contribution in [-0.2, 0) is 0 Å². The van der Waals surface area contributed by atoms with Gasteiger partial charge in [0.15, 0.2) is 0 Å². The standard InChI is InChI=1S/C17H22N2/c1-12(2)9-13-3-4-15(17-11-19-17)16(10-13)14-5-7-18-8-6-14/h3-5,9-10,17-19H,6-8,11H2,1-2H3. The first-order valence-corrected chi connectivity index (χ1v) is 7.16. The molecule has 0 aromatic heterocycles. The number of hydrogen-bond acceptors (Lipinski definition) is 2. The largest absolute Gasteiger partial charge is 0.313 e. The molecule has 2 aliphatic heterocycles. The van der Waals surface area contributed by atoms with Crippen LogP contribution in [0.2, 0.25) is 0 Å². The van der Waals surface area contributed by atoms with Gasteiger partial charge in [-0.3, -0.25) is 0 Å². The van der Waals surface area contributed by atoms with Crippen LogP contribution in [0.3, 0.4) is 0 Å². The van der Waals surface area contributed by atoms with Crippen molar-refractivity contribution < 1.29 is 0 Å². The Morgan fingerprint density at radius 1 is 1.32 bits per heavy atom. The fraction of sp³-hybridized carbons (Fsp3) is 0.412. The molecule has 1 fully saturated rings. The first kappa shape index (κ1) is 12.6. The summed E-state index contributed by atoms with van der Waals surface area (Å²) in [5.74, 6) is 0. The lowest BCUT2D eigenvalue weighted by atomic mass is 9.92. The third kappa shape index (κ3) is 2.96. The van der Waals surface area contributed by atoms with E-state index < -0.39 is 0 Å². The van der Waals surface area contributed by atoms with Gasteiger partial charge >= 0.3 is 0 Å². The maximum atomic E-state index is 3.43. The first-order valence-electron chi connectivity index (χ1n) is 7.16. The average molecular weight is 254 g/mol. The minimum absolute atomic E-state index is 0.575. The zero-order valence-electron chi connectivity index (χ0n) is 11.8. The molecule has 0 spiro atoms. The highest BCUT2D eigenvalue weighted by Gasteiger charge is 2.26. The lowest BCUT2D eigenvalue weighted by molar-refractivity contribution is 0.738. The van der Waals surface area contributed by atoms with Crippen LogP contribution < -0.4 is 10.6 Å². The molecule has 1 atom stereocenters. The fourth-order valence-electron chi connectivity index (χ4n) is 2.72. The molecule has 0 aliphatic carbocycles. The third-order valence-corrected chi connectivity index (χ3v) is 3.73. The molecule has 1 aromatic rings. The van der Waals surface area contributed by atoms with Gasteiger partial charge in [-0.1, -0.05) is 29.9 Å². The van der Waals surface area contributed by atoms with Crippen molar-refractivity contribution >= 4 is 11.6 Å². The van der Waals surface area contributed by atoms with Crippen molar-refractivity contribution in [3.05, 3.63) is 46.5 Å². The van der Waals surface area contributed by atoms with Gasteiger partial charge in [-0.25, -0.2) is 0 Å².